The molecule has 2 aromatic carbocycles. The van der Waals surface area contributed by atoms with Crippen LogP contribution in [0.3, 0.4) is 0 Å². The first kappa shape index (κ1) is 27.2. The van der Waals surface area contributed by atoms with Gasteiger partial charge in [0.2, 0.25) is 21.8 Å². The summed E-state index contributed by atoms with van der Waals surface area (Å²) >= 11 is 18.7. The van der Waals surface area contributed by atoms with Crippen LogP contribution in [0.1, 0.15) is 24.5 Å². The van der Waals surface area contributed by atoms with Gasteiger partial charge < -0.3 is 10.2 Å². The van der Waals surface area contributed by atoms with Crippen molar-refractivity contribution in [3.05, 3.63) is 62.6 Å². The molecule has 0 aliphatic carbocycles. The van der Waals surface area contributed by atoms with Crippen molar-refractivity contribution in [2.45, 2.75) is 32.9 Å². The van der Waals surface area contributed by atoms with E-state index in [0.29, 0.717) is 32.6 Å². The first-order chi connectivity index (χ1) is 15.4. The lowest BCUT2D eigenvalue weighted by atomic mass is 10.1. The quantitative estimate of drug-likeness (QED) is 0.520. The second-order valence-electron chi connectivity index (χ2n) is 7.46. The Kier molecular flexibility index (Phi) is 9.43. The number of halogens is 3. The van der Waals surface area contributed by atoms with E-state index >= 15 is 0 Å². The van der Waals surface area contributed by atoms with Crippen LogP contribution in [0.4, 0.5) is 5.69 Å². The van der Waals surface area contributed by atoms with Crippen LogP contribution in [0.15, 0.2) is 36.4 Å². The van der Waals surface area contributed by atoms with Crippen LogP contribution in [0, 0.1) is 6.92 Å². The number of benzene rings is 2. The van der Waals surface area contributed by atoms with Gasteiger partial charge in [-0.1, -0.05) is 53.9 Å². The van der Waals surface area contributed by atoms with Crippen molar-refractivity contribution < 1.29 is 18.0 Å². The van der Waals surface area contributed by atoms with Crippen LogP contribution >= 0.6 is 34.8 Å². The molecule has 2 aromatic rings. The first-order valence-corrected chi connectivity index (χ1v) is 13.1. The van der Waals surface area contributed by atoms with Gasteiger partial charge in [0, 0.05) is 34.2 Å². The molecule has 0 spiro atoms. The van der Waals surface area contributed by atoms with Gasteiger partial charge in [0.05, 0.1) is 11.9 Å². The number of anilines is 1. The fourth-order valence-electron chi connectivity index (χ4n) is 3.39. The zero-order valence-corrected chi connectivity index (χ0v) is 21.8. The van der Waals surface area contributed by atoms with Gasteiger partial charge in [0.1, 0.15) is 12.6 Å². The molecule has 2 amide bonds. The summed E-state index contributed by atoms with van der Waals surface area (Å²) in [7, 11) is -2.39. The third-order valence-electron chi connectivity index (χ3n) is 5.14. The molecule has 33 heavy (non-hydrogen) atoms. The number of aryl methyl sites for hydroxylation is 1. The monoisotopic (exact) mass is 533 g/mol. The highest BCUT2D eigenvalue weighted by molar-refractivity contribution is 7.92. The first-order valence-electron chi connectivity index (χ1n) is 10.1. The molecule has 0 aliphatic rings. The van der Waals surface area contributed by atoms with E-state index in [1.807, 2.05) is 0 Å². The number of likely N-dealkylation sites (N-methyl/N-ethyl adjacent to an activating group) is 1. The maximum atomic E-state index is 13.5. The van der Waals surface area contributed by atoms with E-state index in [-0.39, 0.29) is 18.1 Å². The van der Waals surface area contributed by atoms with Crippen molar-refractivity contribution in [3.63, 3.8) is 0 Å². The Balaban J connectivity index is 2.53. The van der Waals surface area contributed by atoms with Crippen LogP contribution in [-0.4, -0.2) is 51.0 Å². The van der Waals surface area contributed by atoms with Gasteiger partial charge in [-0.2, -0.15) is 0 Å². The normalized spacial score (nSPS) is 12.2. The molecule has 2 rings (SSSR count). The average Bonchev–Trinajstić information content (AvgIpc) is 2.74. The third kappa shape index (κ3) is 6.76. The van der Waals surface area contributed by atoms with Crippen molar-refractivity contribution >= 4 is 62.3 Å². The van der Waals surface area contributed by atoms with E-state index in [1.165, 1.54) is 18.0 Å². The minimum atomic E-state index is -3.86. The summed E-state index contributed by atoms with van der Waals surface area (Å²) in [5.41, 5.74) is 1.36. The molecule has 11 heteroatoms. The van der Waals surface area contributed by atoms with Crippen molar-refractivity contribution in [1.82, 2.24) is 10.2 Å². The van der Waals surface area contributed by atoms with Gasteiger partial charge in [-0.25, -0.2) is 8.42 Å². The predicted octanol–water partition coefficient (Wildman–Crippen LogP) is 4.27. The summed E-state index contributed by atoms with van der Waals surface area (Å²) in [5, 5.41) is 3.54. The highest BCUT2D eigenvalue weighted by Crippen LogP contribution is 2.29. The minimum absolute atomic E-state index is 0.0740. The largest absolute Gasteiger partial charge is 0.357 e. The summed E-state index contributed by atoms with van der Waals surface area (Å²) in [6, 6.07) is 8.85. The molecular weight excluding hydrogens is 509 g/mol. The van der Waals surface area contributed by atoms with Crippen LogP contribution in [-0.2, 0) is 26.2 Å². The van der Waals surface area contributed by atoms with E-state index in [4.69, 9.17) is 34.8 Å². The summed E-state index contributed by atoms with van der Waals surface area (Å²) in [6.07, 6.45) is 1.30. The van der Waals surface area contributed by atoms with Crippen LogP contribution < -0.4 is 9.62 Å². The second kappa shape index (κ2) is 11.4. The van der Waals surface area contributed by atoms with Crippen molar-refractivity contribution in [1.29, 1.82) is 0 Å². The molecule has 0 saturated carbocycles. The Morgan fingerprint density at radius 3 is 2.21 bits per heavy atom. The van der Waals surface area contributed by atoms with Gasteiger partial charge in [-0.15, -0.1) is 0 Å². The van der Waals surface area contributed by atoms with E-state index in [9.17, 15) is 18.0 Å². The number of carbonyl (C=O) groups excluding carboxylic acids is 2. The van der Waals surface area contributed by atoms with Crippen LogP contribution in [0.25, 0.3) is 0 Å². The molecule has 0 radical (unpaired) electrons. The third-order valence-corrected chi connectivity index (χ3v) is 7.21. The highest BCUT2D eigenvalue weighted by Gasteiger charge is 2.32. The number of nitrogens with one attached hydrogen (secondary N) is 1. The van der Waals surface area contributed by atoms with E-state index in [2.05, 4.69) is 5.32 Å². The van der Waals surface area contributed by atoms with E-state index in [1.54, 1.807) is 44.2 Å². The number of hydrogen-bond donors (Lipinski definition) is 1. The number of hydrogen-bond acceptors (Lipinski definition) is 4. The number of sulfonamides is 1. The fraction of sp³-hybridized carbons (Fsp3) is 0.364. The molecule has 0 saturated heterocycles. The fourth-order valence-corrected chi connectivity index (χ4v) is 4.97. The van der Waals surface area contributed by atoms with Crippen LogP contribution in [0.5, 0.6) is 0 Å². The molecule has 0 aromatic heterocycles. The molecule has 0 aliphatic heterocycles. The highest BCUT2D eigenvalue weighted by atomic mass is 35.5. The summed E-state index contributed by atoms with van der Waals surface area (Å²) in [5.74, 6) is -0.981. The van der Waals surface area contributed by atoms with Crippen molar-refractivity contribution in [2.24, 2.45) is 0 Å². The Hall–Kier alpha value is -2.00. The molecule has 0 unspecified atom stereocenters. The summed E-state index contributed by atoms with van der Waals surface area (Å²) < 4.78 is 26.3. The predicted molar refractivity (Wildman–Crippen MR) is 134 cm³/mol. The lowest BCUT2D eigenvalue weighted by molar-refractivity contribution is -0.140. The summed E-state index contributed by atoms with van der Waals surface area (Å²) in [6.45, 7) is 2.86. The Labute approximate surface area is 209 Å². The minimum Gasteiger partial charge on any atom is -0.357 e. The number of rotatable bonds is 9. The van der Waals surface area contributed by atoms with Gasteiger partial charge in [0.25, 0.3) is 0 Å². The molecule has 180 valence electrons. The number of carbonyl (C=O) groups is 2. The van der Waals surface area contributed by atoms with Gasteiger partial charge >= 0.3 is 0 Å². The molecule has 1 N–H and O–H groups in total. The zero-order chi connectivity index (χ0) is 24.9. The summed E-state index contributed by atoms with van der Waals surface area (Å²) in [4.78, 5) is 27.4. The van der Waals surface area contributed by atoms with E-state index < -0.39 is 28.5 Å². The lowest BCUT2D eigenvalue weighted by Crippen LogP contribution is -2.51. The maximum absolute atomic E-state index is 13.5. The Morgan fingerprint density at radius 1 is 1.09 bits per heavy atom. The smallest absolute Gasteiger partial charge is 0.244 e. The van der Waals surface area contributed by atoms with Crippen LogP contribution in [0.2, 0.25) is 15.1 Å². The van der Waals surface area contributed by atoms with E-state index in [0.717, 1.165) is 10.6 Å². The van der Waals surface area contributed by atoms with Gasteiger partial charge in [-0.05, 0) is 43.2 Å². The molecule has 7 nitrogen and oxygen atoms in total. The average molecular weight is 535 g/mol. The lowest BCUT2D eigenvalue weighted by Gasteiger charge is -2.33. The van der Waals surface area contributed by atoms with Crippen molar-refractivity contribution in [2.75, 3.05) is 24.2 Å². The topological polar surface area (TPSA) is 86.8 Å². The molecule has 0 bridgehead atoms. The van der Waals surface area contributed by atoms with Gasteiger partial charge in [-0.3, -0.25) is 13.9 Å². The van der Waals surface area contributed by atoms with Crippen molar-refractivity contribution in [3.8, 4) is 0 Å². The standard InChI is InChI=1S/C22H26Cl3N3O4S/c1-5-19(22(30)26-3)27(12-16-17(24)7-6-8-18(16)25)21(29)13-28(33(4,31)32)20-11-15(23)10-9-14(20)2/h6-11,19H,5,12-13H2,1-4H3,(H,26,30)/t19-/m0/s1. The SMILES string of the molecule is CC[C@@H](C(=O)NC)N(Cc1c(Cl)cccc1Cl)C(=O)CN(c1cc(Cl)ccc1C)S(C)(=O)=O. The molecule has 1 atom stereocenters. The molecule has 0 fully saturated rings. The Morgan fingerprint density at radius 2 is 1.70 bits per heavy atom. The maximum Gasteiger partial charge on any atom is 0.244 e. The number of amides is 2. The molecule has 0 heterocycles. The molecular formula is C22H26Cl3N3O4S. The van der Waals surface area contributed by atoms with Gasteiger partial charge in [0.15, 0.2) is 0 Å². The Bertz CT molecular complexity index is 1120. The second-order valence-corrected chi connectivity index (χ2v) is 10.6. The zero-order valence-electron chi connectivity index (χ0n) is 18.7. The number of nitrogens with zero attached hydrogens (tertiary/aromatic N) is 2.